The van der Waals surface area contributed by atoms with Crippen LogP contribution in [0, 0.1) is 6.07 Å². The molecule has 1 radical (unpaired) electrons. The van der Waals surface area contributed by atoms with Gasteiger partial charge in [-0.15, -0.1) is 0 Å². The number of aromatic hydroxyl groups is 2. The molecule has 0 aliphatic carbocycles. The smallest absolute Gasteiger partial charge is 0.196 e. The van der Waals surface area contributed by atoms with Crippen molar-refractivity contribution in [2.24, 2.45) is 0 Å². The summed E-state index contributed by atoms with van der Waals surface area (Å²) < 4.78 is 0. The number of rotatable bonds is 2. The summed E-state index contributed by atoms with van der Waals surface area (Å²) in [6.45, 7) is 0. The molecule has 2 rings (SSSR count). The predicted octanol–water partition coefficient (Wildman–Crippen LogP) is 2.13. The Balaban J connectivity index is 2.42. The van der Waals surface area contributed by atoms with Crippen LogP contribution in [0.2, 0.25) is 0 Å². The van der Waals surface area contributed by atoms with E-state index in [9.17, 15) is 9.90 Å². The molecular weight excluding hydrogens is 204 g/mol. The zero-order chi connectivity index (χ0) is 11.5. The highest BCUT2D eigenvalue weighted by Crippen LogP contribution is 2.23. The van der Waals surface area contributed by atoms with Gasteiger partial charge in [0.2, 0.25) is 0 Å². The molecule has 79 valence electrons. The third kappa shape index (κ3) is 1.88. The third-order valence-corrected chi connectivity index (χ3v) is 2.19. The first-order chi connectivity index (χ1) is 7.68. The molecule has 0 fully saturated rings. The van der Waals surface area contributed by atoms with Crippen molar-refractivity contribution in [2.45, 2.75) is 0 Å². The molecule has 3 nitrogen and oxygen atoms in total. The second kappa shape index (κ2) is 4.06. The van der Waals surface area contributed by atoms with Crippen LogP contribution in [0.25, 0.3) is 0 Å². The molecule has 0 saturated heterocycles. The first kappa shape index (κ1) is 10.2. The number of hydrogen-bond acceptors (Lipinski definition) is 3. The lowest BCUT2D eigenvalue weighted by molar-refractivity contribution is 0.103. The van der Waals surface area contributed by atoms with Gasteiger partial charge in [-0.1, -0.05) is 30.3 Å². The largest absolute Gasteiger partial charge is 0.507 e. The standard InChI is InChI=1S/C13H9O3/c14-10-6-7-11(12(15)8-10)13(16)9-4-2-1-3-5-9/h1-7,14-15H. The van der Waals surface area contributed by atoms with Gasteiger partial charge in [0.25, 0.3) is 0 Å². The summed E-state index contributed by atoms with van der Waals surface area (Å²) in [5.41, 5.74) is 0.612. The van der Waals surface area contributed by atoms with E-state index in [-0.39, 0.29) is 22.8 Å². The lowest BCUT2D eigenvalue weighted by atomic mass is 10.0. The third-order valence-electron chi connectivity index (χ3n) is 2.19. The van der Waals surface area contributed by atoms with Crippen LogP contribution < -0.4 is 0 Å². The molecule has 16 heavy (non-hydrogen) atoms. The fraction of sp³-hybridized carbons (Fsp3) is 0. The number of ketones is 1. The van der Waals surface area contributed by atoms with E-state index >= 15 is 0 Å². The maximum Gasteiger partial charge on any atom is 0.196 e. The number of carbonyl (C=O) groups is 1. The highest BCUT2D eigenvalue weighted by molar-refractivity contribution is 6.10. The van der Waals surface area contributed by atoms with Crippen LogP contribution in [0.3, 0.4) is 0 Å². The van der Waals surface area contributed by atoms with E-state index in [0.29, 0.717) is 5.56 Å². The van der Waals surface area contributed by atoms with Crippen molar-refractivity contribution < 1.29 is 15.0 Å². The molecule has 2 aromatic rings. The summed E-state index contributed by atoms with van der Waals surface area (Å²) in [4.78, 5) is 11.9. The number of hydrogen-bond donors (Lipinski definition) is 2. The number of benzene rings is 2. The Morgan fingerprint density at radius 2 is 1.69 bits per heavy atom. The van der Waals surface area contributed by atoms with Crippen molar-refractivity contribution in [1.82, 2.24) is 0 Å². The topological polar surface area (TPSA) is 57.5 Å². The van der Waals surface area contributed by atoms with E-state index < -0.39 is 0 Å². The highest BCUT2D eigenvalue weighted by atomic mass is 16.3. The quantitative estimate of drug-likeness (QED) is 0.751. The second-order valence-corrected chi connectivity index (χ2v) is 3.30. The molecule has 3 heteroatoms. The summed E-state index contributed by atoms with van der Waals surface area (Å²) in [5.74, 6) is -0.828. The maximum atomic E-state index is 11.9. The van der Waals surface area contributed by atoms with Gasteiger partial charge < -0.3 is 10.2 Å². The Morgan fingerprint density at radius 1 is 1.00 bits per heavy atom. The molecular formula is C13H9O3. The summed E-state index contributed by atoms with van der Waals surface area (Å²) >= 11 is 0. The fourth-order valence-electron chi connectivity index (χ4n) is 1.40. The average molecular weight is 213 g/mol. The summed E-state index contributed by atoms with van der Waals surface area (Å²) in [5, 5.41) is 18.5. The van der Waals surface area contributed by atoms with Gasteiger partial charge in [0.15, 0.2) is 5.78 Å². The van der Waals surface area contributed by atoms with Crippen LogP contribution in [0.4, 0.5) is 0 Å². The molecule has 0 aromatic heterocycles. The molecule has 0 saturated carbocycles. The van der Waals surface area contributed by atoms with Gasteiger partial charge in [-0.3, -0.25) is 4.79 Å². The van der Waals surface area contributed by atoms with E-state index in [4.69, 9.17) is 5.11 Å². The summed E-state index contributed by atoms with van der Waals surface area (Å²) in [7, 11) is 0. The van der Waals surface area contributed by atoms with Gasteiger partial charge in [0.1, 0.15) is 11.5 Å². The molecule has 0 heterocycles. The normalized spacial score (nSPS) is 10.0. The minimum Gasteiger partial charge on any atom is -0.507 e. The Morgan fingerprint density at radius 3 is 2.31 bits per heavy atom. The molecule has 0 atom stereocenters. The van der Waals surface area contributed by atoms with Crippen molar-refractivity contribution in [2.75, 3.05) is 0 Å². The van der Waals surface area contributed by atoms with Gasteiger partial charge >= 0.3 is 0 Å². The van der Waals surface area contributed by atoms with E-state index in [1.807, 2.05) is 0 Å². The lowest BCUT2D eigenvalue weighted by Crippen LogP contribution is -2.01. The highest BCUT2D eigenvalue weighted by Gasteiger charge is 2.13. The predicted molar refractivity (Wildman–Crippen MR) is 58.5 cm³/mol. The molecule has 0 aliphatic heterocycles. The van der Waals surface area contributed by atoms with Crippen molar-refractivity contribution in [3.63, 3.8) is 0 Å². The molecule has 0 bridgehead atoms. The van der Waals surface area contributed by atoms with Crippen molar-refractivity contribution in [1.29, 1.82) is 0 Å². The Bertz CT molecular complexity index is 518. The Labute approximate surface area is 92.6 Å². The van der Waals surface area contributed by atoms with E-state index in [1.165, 1.54) is 12.1 Å². The van der Waals surface area contributed by atoms with Crippen LogP contribution in [0.15, 0.2) is 42.5 Å². The Hall–Kier alpha value is -2.29. The summed E-state index contributed by atoms with van der Waals surface area (Å²) in [6.07, 6.45) is 0. The maximum absolute atomic E-state index is 11.9. The first-order valence-electron chi connectivity index (χ1n) is 4.72. The van der Waals surface area contributed by atoms with Crippen LogP contribution in [-0.2, 0) is 0 Å². The minimum absolute atomic E-state index is 0.129. The zero-order valence-corrected chi connectivity index (χ0v) is 8.34. The average Bonchev–Trinajstić information content (AvgIpc) is 2.29. The van der Waals surface area contributed by atoms with Gasteiger partial charge in [0, 0.05) is 5.56 Å². The zero-order valence-electron chi connectivity index (χ0n) is 8.34. The molecule has 0 amide bonds. The fourth-order valence-corrected chi connectivity index (χ4v) is 1.40. The Kier molecular flexibility index (Phi) is 2.60. The van der Waals surface area contributed by atoms with Gasteiger partial charge in [-0.2, -0.15) is 0 Å². The van der Waals surface area contributed by atoms with Gasteiger partial charge in [-0.25, -0.2) is 0 Å². The number of phenolic OH excluding ortho intramolecular Hbond substituents is 2. The van der Waals surface area contributed by atoms with E-state index in [0.717, 1.165) is 0 Å². The summed E-state index contributed by atoms with van der Waals surface area (Å²) in [6, 6.07) is 13.6. The number of phenols is 2. The van der Waals surface area contributed by atoms with Gasteiger partial charge in [0.05, 0.1) is 11.6 Å². The number of carbonyl (C=O) groups excluding carboxylic acids is 1. The van der Waals surface area contributed by atoms with Crippen molar-refractivity contribution in [3.8, 4) is 11.5 Å². The van der Waals surface area contributed by atoms with Crippen molar-refractivity contribution >= 4 is 5.78 Å². The monoisotopic (exact) mass is 213 g/mol. The molecule has 0 unspecified atom stereocenters. The SMILES string of the molecule is O=C(c1ccccc1)c1ccc(O)[c]c1O. The van der Waals surface area contributed by atoms with Crippen molar-refractivity contribution in [3.05, 3.63) is 59.7 Å². The van der Waals surface area contributed by atoms with E-state index in [1.54, 1.807) is 30.3 Å². The lowest BCUT2D eigenvalue weighted by Gasteiger charge is -2.03. The first-order valence-corrected chi connectivity index (χ1v) is 4.72. The molecule has 0 aliphatic rings. The van der Waals surface area contributed by atoms with Crippen LogP contribution in [0.1, 0.15) is 15.9 Å². The van der Waals surface area contributed by atoms with Gasteiger partial charge in [-0.05, 0) is 12.1 Å². The van der Waals surface area contributed by atoms with Crippen LogP contribution >= 0.6 is 0 Å². The van der Waals surface area contributed by atoms with E-state index in [2.05, 4.69) is 6.07 Å². The minimum atomic E-state index is -0.339. The van der Waals surface area contributed by atoms with Crippen LogP contribution in [0.5, 0.6) is 11.5 Å². The second-order valence-electron chi connectivity index (χ2n) is 3.30. The van der Waals surface area contributed by atoms with Crippen LogP contribution in [-0.4, -0.2) is 16.0 Å². The molecule has 2 aromatic carbocycles. The molecule has 0 spiro atoms. The molecule has 2 N–H and O–H groups in total.